The molecule has 1 aromatic carbocycles. The number of pyridine rings is 1. The van der Waals surface area contributed by atoms with Crippen molar-refractivity contribution in [2.45, 2.75) is 6.61 Å². The smallest absolute Gasteiger partial charge is 0.253 e. The highest BCUT2D eigenvalue weighted by molar-refractivity contribution is 5.93. The van der Waals surface area contributed by atoms with Crippen LogP contribution in [-0.2, 0) is 6.61 Å². The maximum absolute atomic E-state index is 11.7. The predicted molar refractivity (Wildman–Crippen MR) is 73.0 cm³/mol. The van der Waals surface area contributed by atoms with Gasteiger partial charge in [0.15, 0.2) is 0 Å². The summed E-state index contributed by atoms with van der Waals surface area (Å²) in [6.07, 6.45) is 1.69. The number of benzene rings is 1. The number of rotatable bonds is 4. The van der Waals surface area contributed by atoms with Crippen LogP contribution >= 0.6 is 0 Å². The van der Waals surface area contributed by atoms with E-state index in [0.717, 1.165) is 5.56 Å². The Hall–Kier alpha value is -2.36. The minimum absolute atomic E-state index is 0.00260. The Morgan fingerprint density at radius 1 is 1.16 bits per heavy atom. The van der Waals surface area contributed by atoms with Crippen LogP contribution in [0.4, 0.5) is 0 Å². The van der Waals surface area contributed by atoms with E-state index in [9.17, 15) is 4.79 Å². The molecule has 4 nitrogen and oxygen atoms in total. The molecule has 0 saturated carbocycles. The summed E-state index contributed by atoms with van der Waals surface area (Å²) in [6.45, 7) is 0.438. The summed E-state index contributed by atoms with van der Waals surface area (Å²) in [5, 5.41) is 0. The highest BCUT2D eigenvalue weighted by Crippen LogP contribution is 2.10. The molecule has 0 aliphatic carbocycles. The molecule has 0 aliphatic rings. The summed E-state index contributed by atoms with van der Waals surface area (Å²) in [6, 6.07) is 12.9. The van der Waals surface area contributed by atoms with Crippen LogP contribution in [0.1, 0.15) is 15.9 Å². The quantitative estimate of drug-likeness (QED) is 0.843. The molecule has 0 unspecified atom stereocenters. The van der Waals surface area contributed by atoms with Gasteiger partial charge in [-0.1, -0.05) is 18.2 Å². The number of hydrogen-bond donors (Lipinski definition) is 0. The van der Waals surface area contributed by atoms with Gasteiger partial charge in [0, 0.05) is 31.9 Å². The fourth-order valence-electron chi connectivity index (χ4n) is 1.59. The van der Waals surface area contributed by atoms with Crippen molar-refractivity contribution in [2.24, 2.45) is 0 Å². The maximum atomic E-state index is 11.7. The third kappa shape index (κ3) is 3.55. The van der Waals surface area contributed by atoms with Crippen LogP contribution in [0.5, 0.6) is 5.88 Å². The zero-order valence-electron chi connectivity index (χ0n) is 11.0. The Kier molecular flexibility index (Phi) is 4.13. The first kappa shape index (κ1) is 13.1. The molecule has 0 radical (unpaired) electrons. The van der Waals surface area contributed by atoms with Crippen molar-refractivity contribution in [3.05, 3.63) is 59.8 Å². The standard InChI is InChI=1S/C15H16N2O2/c1-17(2)15(18)13-8-6-12(7-9-13)11-19-14-5-3-4-10-16-14/h3-10H,11H2,1-2H3. The number of nitrogens with zero attached hydrogens (tertiary/aromatic N) is 2. The molecule has 0 bridgehead atoms. The SMILES string of the molecule is CN(C)C(=O)c1ccc(COc2ccccn2)cc1. The summed E-state index contributed by atoms with van der Waals surface area (Å²) in [5.41, 5.74) is 1.67. The second-order valence-electron chi connectivity index (χ2n) is 4.35. The molecular formula is C15H16N2O2. The van der Waals surface area contributed by atoms with Crippen LogP contribution in [0.2, 0.25) is 0 Å². The number of aromatic nitrogens is 1. The lowest BCUT2D eigenvalue weighted by Crippen LogP contribution is -2.21. The first-order chi connectivity index (χ1) is 9.16. The summed E-state index contributed by atoms with van der Waals surface area (Å²) in [7, 11) is 3.47. The normalized spacial score (nSPS) is 10.0. The van der Waals surface area contributed by atoms with Gasteiger partial charge in [0.2, 0.25) is 5.88 Å². The summed E-state index contributed by atoms with van der Waals surface area (Å²) < 4.78 is 5.53. The third-order valence-electron chi connectivity index (χ3n) is 2.63. The van der Waals surface area contributed by atoms with Crippen LogP contribution in [0.15, 0.2) is 48.7 Å². The van der Waals surface area contributed by atoms with Crippen LogP contribution in [-0.4, -0.2) is 29.9 Å². The fraction of sp³-hybridized carbons (Fsp3) is 0.200. The van der Waals surface area contributed by atoms with Crippen molar-refractivity contribution < 1.29 is 9.53 Å². The van der Waals surface area contributed by atoms with Gasteiger partial charge in [-0.25, -0.2) is 4.98 Å². The first-order valence-electron chi connectivity index (χ1n) is 6.01. The number of carbonyl (C=O) groups is 1. The second kappa shape index (κ2) is 6.00. The van der Waals surface area contributed by atoms with Crippen LogP contribution in [0.3, 0.4) is 0 Å². The van der Waals surface area contributed by atoms with Crippen LogP contribution in [0.25, 0.3) is 0 Å². The van der Waals surface area contributed by atoms with Crippen molar-refractivity contribution in [1.29, 1.82) is 0 Å². The summed E-state index contributed by atoms with van der Waals surface area (Å²) in [4.78, 5) is 17.4. The van der Waals surface area contributed by atoms with Gasteiger partial charge < -0.3 is 9.64 Å². The Morgan fingerprint density at radius 2 is 1.89 bits per heavy atom. The van der Waals surface area contributed by atoms with E-state index in [1.54, 1.807) is 37.3 Å². The number of amides is 1. The largest absolute Gasteiger partial charge is 0.473 e. The van der Waals surface area contributed by atoms with E-state index in [1.807, 2.05) is 30.3 Å². The third-order valence-corrected chi connectivity index (χ3v) is 2.63. The van der Waals surface area contributed by atoms with E-state index in [1.165, 1.54) is 0 Å². The first-order valence-corrected chi connectivity index (χ1v) is 6.01. The van der Waals surface area contributed by atoms with Gasteiger partial charge >= 0.3 is 0 Å². The fourth-order valence-corrected chi connectivity index (χ4v) is 1.59. The molecule has 0 aliphatic heterocycles. The Labute approximate surface area is 112 Å². The minimum Gasteiger partial charge on any atom is -0.473 e. The van der Waals surface area contributed by atoms with Crippen LogP contribution in [0, 0.1) is 0 Å². The topological polar surface area (TPSA) is 42.4 Å². The van der Waals surface area contributed by atoms with E-state index in [0.29, 0.717) is 18.1 Å². The highest BCUT2D eigenvalue weighted by Gasteiger charge is 2.07. The zero-order valence-corrected chi connectivity index (χ0v) is 11.0. The molecule has 0 atom stereocenters. The number of carbonyl (C=O) groups excluding carboxylic acids is 1. The molecule has 98 valence electrons. The van der Waals surface area contributed by atoms with Crippen molar-refractivity contribution in [2.75, 3.05) is 14.1 Å². The molecule has 0 spiro atoms. The summed E-state index contributed by atoms with van der Waals surface area (Å²) >= 11 is 0. The second-order valence-corrected chi connectivity index (χ2v) is 4.35. The Bertz CT molecular complexity index is 536. The van der Waals surface area contributed by atoms with Gasteiger partial charge in [0.1, 0.15) is 6.61 Å². The predicted octanol–water partition coefficient (Wildman–Crippen LogP) is 2.36. The van der Waals surface area contributed by atoms with E-state index in [2.05, 4.69) is 4.98 Å². The average molecular weight is 256 g/mol. The van der Waals surface area contributed by atoms with E-state index in [-0.39, 0.29) is 5.91 Å². The molecule has 2 rings (SSSR count). The molecular weight excluding hydrogens is 240 g/mol. The van der Waals surface area contributed by atoms with Gasteiger partial charge in [0.25, 0.3) is 5.91 Å². The molecule has 1 aromatic heterocycles. The van der Waals surface area contributed by atoms with Crippen molar-refractivity contribution >= 4 is 5.91 Å². The van der Waals surface area contributed by atoms with Gasteiger partial charge in [0.05, 0.1) is 0 Å². The van der Waals surface area contributed by atoms with Crippen molar-refractivity contribution in [3.8, 4) is 5.88 Å². The average Bonchev–Trinajstić information content (AvgIpc) is 2.46. The number of hydrogen-bond acceptors (Lipinski definition) is 3. The lowest BCUT2D eigenvalue weighted by atomic mass is 10.1. The highest BCUT2D eigenvalue weighted by atomic mass is 16.5. The number of ether oxygens (including phenoxy) is 1. The maximum Gasteiger partial charge on any atom is 0.253 e. The molecule has 0 fully saturated rings. The van der Waals surface area contributed by atoms with Crippen molar-refractivity contribution in [1.82, 2.24) is 9.88 Å². The molecule has 2 aromatic rings. The van der Waals surface area contributed by atoms with Gasteiger partial charge in [-0.05, 0) is 23.8 Å². The molecule has 1 amide bonds. The molecule has 1 heterocycles. The van der Waals surface area contributed by atoms with E-state index in [4.69, 9.17) is 4.74 Å². The molecule has 19 heavy (non-hydrogen) atoms. The van der Waals surface area contributed by atoms with Crippen molar-refractivity contribution in [3.63, 3.8) is 0 Å². The lowest BCUT2D eigenvalue weighted by Gasteiger charge is -2.10. The monoisotopic (exact) mass is 256 g/mol. The van der Waals surface area contributed by atoms with E-state index >= 15 is 0 Å². The summed E-state index contributed by atoms with van der Waals surface area (Å²) in [5.74, 6) is 0.591. The van der Waals surface area contributed by atoms with Gasteiger partial charge in [-0.2, -0.15) is 0 Å². The molecule has 4 heteroatoms. The molecule has 0 N–H and O–H groups in total. The zero-order chi connectivity index (χ0) is 13.7. The molecule has 0 saturated heterocycles. The van der Waals surface area contributed by atoms with Crippen LogP contribution < -0.4 is 4.74 Å². The Morgan fingerprint density at radius 3 is 2.47 bits per heavy atom. The Balaban J connectivity index is 1.98. The van der Waals surface area contributed by atoms with Gasteiger partial charge in [-0.3, -0.25) is 4.79 Å². The van der Waals surface area contributed by atoms with E-state index < -0.39 is 0 Å². The van der Waals surface area contributed by atoms with Gasteiger partial charge in [-0.15, -0.1) is 0 Å². The lowest BCUT2D eigenvalue weighted by molar-refractivity contribution is 0.0827. The minimum atomic E-state index is -0.00260.